The van der Waals surface area contributed by atoms with Gasteiger partial charge in [0, 0.05) is 12.4 Å². The predicted octanol–water partition coefficient (Wildman–Crippen LogP) is 0.492. The first-order valence-electron chi connectivity index (χ1n) is 2.92. The second-order valence-electron chi connectivity index (χ2n) is 2.01. The third kappa shape index (κ3) is 0.621. The largest absolute Gasteiger partial charge is 0.382 e. The van der Waals surface area contributed by atoms with Crippen LogP contribution >= 0.6 is 0 Å². The number of aromatic nitrogens is 3. The molecule has 2 rings (SSSR count). The molecule has 0 atom stereocenters. The molecule has 3 N–H and O–H groups in total. The van der Waals surface area contributed by atoms with Crippen LogP contribution in [0.2, 0.25) is 0 Å². The van der Waals surface area contributed by atoms with E-state index in [1.807, 2.05) is 6.07 Å². The Morgan fingerprint density at radius 2 is 2.40 bits per heavy atom. The average molecular weight is 134 g/mol. The van der Waals surface area contributed by atoms with E-state index in [-0.39, 0.29) is 0 Å². The fourth-order valence-corrected chi connectivity index (χ4v) is 0.834. The summed E-state index contributed by atoms with van der Waals surface area (Å²) in [7, 11) is 0. The first-order chi connectivity index (χ1) is 4.86. The number of nitrogens with zero attached hydrogens (tertiary/aromatic N) is 2. The van der Waals surface area contributed by atoms with Crippen molar-refractivity contribution >= 4 is 5.82 Å². The monoisotopic (exact) mass is 134 g/mol. The maximum absolute atomic E-state index is 5.40. The molecule has 2 aliphatic rings. The highest BCUT2D eigenvalue weighted by molar-refractivity contribution is 5.53. The number of hydrogen-bond donors (Lipinski definition) is 2. The highest BCUT2D eigenvalue weighted by Gasteiger charge is 2.03. The minimum absolute atomic E-state index is 0.464. The summed E-state index contributed by atoms with van der Waals surface area (Å²) in [4.78, 5) is 10.9. The molecule has 0 amide bonds. The summed E-state index contributed by atoms with van der Waals surface area (Å²) in [5.74, 6) is 1.13. The SMILES string of the molecule is Nc1c[nH]c2ccnc-2n1. The highest BCUT2D eigenvalue weighted by Crippen LogP contribution is 2.13. The second kappa shape index (κ2) is 1.70. The number of fused-ring (bicyclic) bond motifs is 1. The summed E-state index contributed by atoms with van der Waals surface area (Å²) >= 11 is 0. The first kappa shape index (κ1) is 5.22. The number of nitrogen functional groups attached to an aromatic ring is 1. The van der Waals surface area contributed by atoms with Crippen molar-refractivity contribution in [3.05, 3.63) is 18.5 Å². The van der Waals surface area contributed by atoms with Gasteiger partial charge in [-0.25, -0.2) is 9.97 Å². The van der Waals surface area contributed by atoms with Gasteiger partial charge in [-0.15, -0.1) is 0 Å². The van der Waals surface area contributed by atoms with Crippen molar-refractivity contribution in [1.29, 1.82) is 0 Å². The van der Waals surface area contributed by atoms with E-state index in [9.17, 15) is 0 Å². The van der Waals surface area contributed by atoms with Crippen molar-refractivity contribution in [1.82, 2.24) is 15.0 Å². The number of nitrogens with one attached hydrogen (secondary N) is 1. The topological polar surface area (TPSA) is 67.6 Å². The number of nitrogens with two attached hydrogens (primary N) is 1. The van der Waals surface area contributed by atoms with Gasteiger partial charge in [0.25, 0.3) is 0 Å². The van der Waals surface area contributed by atoms with Gasteiger partial charge in [0.1, 0.15) is 5.82 Å². The highest BCUT2D eigenvalue weighted by atomic mass is 15.0. The molecule has 0 aromatic carbocycles. The molecule has 0 fully saturated rings. The Kier molecular flexibility index (Phi) is 0.887. The van der Waals surface area contributed by atoms with Crippen molar-refractivity contribution in [3.8, 4) is 11.5 Å². The van der Waals surface area contributed by atoms with Crippen LogP contribution in [0.25, 0.3) is 11.5 Å². The van der Waals surface area contributed by atoms with Gasteiger partial charge in [0.15, 0.2) is 5.82 Å². The summed E-state index contributed by atoms with van der Waals surface area (Å²) in [5.41, 5.74) is 6.31. The summed E-state index contributed by atoms with van der Waals surface area (Å²) < 4.78 is 0. The maximum Gasteiger partial charge on any atom is 0.178 e. The molecule has 4 nitrogen and oxygen atoms in total. The molecule has 0 bridgehead atoms. The fraction of sp³-hybridized carbons (Fsp3) is 0. The molecule has 0 unspecified atom stereocenters. The molecule has 2 heterocycles. The molecule has 0 saturated carbocycles. The zero-order valence-corrected chi connectivity index (χ0v) is 5.20. The lowest BCUT2D eigenvalue weighted by Crippen LogP contribution is -1.94. The minimum atomic E-state index is 0.464. The Hall–Kier alpha value is -1.58. The van der Waals surface area contributed by atoms with Gasteiger partial charge < -0.3 is 10.7 Å². The lowest BCUT2D eigenvalue weighted by atomic mass is 10.4. The first-order valence-corrected chi connectivity index (χ1v) is 2.92. The van der Waals surface area contributed by atoms with Crippen LogP contribution in [0.5, 0.6) is 0 Å². The van der Waals surface area contributed by atoms with E-state index in [2.05, 4.69) is 15.0 Å². The number of rotatable bonds is 0. The molecule has 50 valence electrons. The van der Waals surface area contributed by atoms with Crippen LogP contribution < -0.4 is 5.73 Å². The Balaban J connectivity index is 2.75. The van der Waals surface area contributed by atoms with Crippen LogP contribution in [-0.4, -0.2) is 15.0 Å². The zero-order chi connectivity index (χ0) is 6.97. The van der Waals surface area contributed by atoms with E-state index in [0.29, 0.717) is 11.6 Å². The van der Waals surface area contributed by atoms with Gasteiger partial charge in [-0.3, -0.25) is 0 Å². The number of hydrogen-bond acceptors (Lipinski definition) is 3. The Morgan fingerprint density at radius 1 is 1.50 bits per heavy atom. The predicted molar refractivity (Wildman–Crippen MR) is 37.4 cm³/mol. The van der Waals surface area contributed by atoms with Crippen LogP contribution in [0.15, 0.2) is 18.5 Å². The average Bonchev–Trinajstić information content (AvgIpc) is 2.33. The lowest BCUT2D eigenvalue weighted by Gasteiger charge is -1.96. The molecule has 2 aliphatic heterocycles. The molecule has 4 heteroatoms. The summed E-state index contributed by atoms with van der Waals surface area (Å²) in [6.45, 7) is 0. The van der Waals surface area contributed by atoms with E-state index < -0.39 is 0 Å². The van der Waals surface area contributed by atoms with Crippen LogP contribution in [-0.2, 0) is 0 Å². The smallest absolute Gasteiger partial charge is 0.178 e. The summed E-state index contributed by atoms with van der Waals surface area (Å²) in [6, 6.07) is 1.85. The Morgan fingerprint density at radius 3 is 3.30 bits per heavy atom. The third-order valence-corrected chi connectivity index (χ3v) is 1.29. The molecule has 0 aromatic heterocycles. The van der Waals surface area contributed by atoms with Crippen LogP contribution in [0.4, 0.5) is 5.82 Å². The van der Waals surface area contributed by atoms with E-state index in [1.165, 1.54) is 0 Å². The van der Waals surface area contributed by atoms with Gasteiger partial charge in [-0.2, -0.15) is 0 Å². The molecular weight excluding hydrogens is 128 g/mol. The maximum atomic E-state index is 5.40. The lowest BCUT2D eigenvalue weighted by molar-refractivity contribution is 1.17. The number of aromatic amines is 1. The van der Waals surface area contributed by atoms with E-state index >= 15 is 0 Å². The van der Waals surface area contributed by atoms with Gasteiger partial charge in [-0.1, -0.05) is 0 Å². The molecular formula is C6H6N4. The van der Waals surface area contributed by atoms with Gasteiger partial charge in [0.2, 0.25) is 0 Å². The molecule has 0 spiro atoms. The summed E-state index contributed by atoms with van der Waals surface area (Å²) in [5, 5.41) is 0. The quantitative estimate of drug-likeness (QED) is 0.551. The van der Waals surface area contributed by atoms with Crippen molar-refractivity contribution in [2.45, 2.75) is 0 Å². The molecule has 0 aromatic rings. The minimum Gasteiger partial charge on any atom is -0.382 e. The summed E-state index contributed by atoms with van der Waals surface area (Å²) in [6.07, 6.45) is 3.33. The van der Waals surface area contributed by atoms with Gasteiger partial charge in [0.05, 0.1) is 5.69 Å². The Bertz CT molecular complexity index is 314. The van der Waals surface area contributed by atoms with Crippen molar-refractivity contribution in [2.75, 3.05) is 5.73 Å². The van der Waals surface area contributed by atoms with Crippen LogP contribution in [0, 0.1) is 0 Å². The van der Waals surface area contributed by atoms with E-state index in [0.717, 1.165) is 5.69 Å². The second-order valence-corrected chi connectivity index (χ2v) is 2.01. The standard InChI is InChI=1S/C6H6N4/c7-5-3-9-4-1-2-8-6(4)10-5/h1-3,9H,7H2. The van der Waals surface area contributed by atoms with E-state index in [4.69, 9.17) is 5.73 Å². The fourth-order valence-electron chi connectivity index (χ4n) is 0.834. The van der Waals surface area contributed by atoms with Crippen molar-refractivity contribution in [3.63, 3.8) is 0 Å². The molecule has 0 radical (unpaired) electrons. The van der Waals surface area contributed by atoms with Crippen molar-refractivity contribution in [2.24, 2.45) is 0 Å². The van der Waals surface area contributed by atoms with Crippen molar-refractivity contribution < 1.29 is 0 Å². The Labute approximate surface area is 57.5 Å². The molecule has 0 saturated heterocycles. The molecule has 10 heavy (non-hydrogen) atoms. The van der Waals surface area contributed by atoms with Gasteiger partial charge >= 0.3 is 0 Å². The number of anilines is 1. The number of H-pyrrole nitrogens is 1. The van der Waals surface area contributed by atoms with Gasteiger partial charge in [-0.05, 0) is 6.07 Å². The van der Waals surface area contributed by atoms with Crippen LogP contribution in [0.1, 0.15) is 0 Å². The van der Waals surface area contributed by atoms with E-state index in [1.54, 1.807) is 12.4 Å². The normalized spacial score (nSPS) is 10.4. The van der Waals surface area contributed by atoms with Crippen LogP contribution in [0.3, 0.4) is 0 Å². The molecule has 0 aliphatic carbocycles. The third-order valence-electron chi connectivity index (χ3n) is 1.29. The zero-order valence-electron chi connectivity index (χ0n) is 5.20.